The lowest BCUT2D eigenvalue weighted by molar-refractivity contribution is -0.404. The van der Waals surface area contributed by atoms with Crippen molar-refractivity contribution in [3.8, 4) is 0 Å². The molecule has 1 atom stereocenters. The number of nitro groups is 1. The van der Waals surface area contributed by atoms with E-state index >= 15 is 0 Å². The molecule has 10 heteroatoms. The predicted octanol–water partition coefficient (Wildman–Crippen LogP) is 1.47. The van der Waals surface area contributed by atoms with E-state index in [0.717, 1.165) is 34.8 Å². The van der Waals surface area contributed by atoms with E-state index in [1.165, 1.54) is 7.11 Å². The molecular weight excluding hydrogens is 338 g/mol. The highest BCUT2D eigenvalue weighted by atomic mass is 32.2. The number of methoxy groups -OCH3 is 1. The van der Waals surface area contributed by atoms with Crippen LogP contribution in [0, 0.1) is 10.1 Å². The number of nitrogens with zero attached hydrogens (tertiary/aromatic N) is 2. The number of thioether (sulfide) groups is 1. The maximum Gasteiger partial charge on any atom is 0.274 e. The summed E-state index contributed by atoms with van der Waals surface area (Å²) < 4.78 is 5.03. The lowest BCUT2D eigenvalue weighted by Crippen LogP contribution is -2.35. The molecule has 0 aliphatic heterocycles. The van der Waals surface area contributed by atoms with Crippen molar-refractivity contribution in [1.82, 2.24) is 15.6 Å². The summed E-state index contributed by atoms with van der Waals surface area (Å²) in [6.07, 6.45) is 1.49. The van der Waals surface area contributed by atoms with E-state index in [1.54, 1.807) is 30.0 Å². The Morgan fingerprint density at radius 1 is 1.70 bits per heavy atom. The van der Waals surface area contributed by atoms with Crippen molar-refractivity contribution in [1.29, 1.82) is 0 Å². The molecule has 0 radical (unpaired) electrons. The van der Waals surface area contributed by atoms with E-state index in [0.29, 0.717) is 18.9 Å². The molecule has 8 nitrogen and oxygen atoms in total. The van der Waals surface area contributed by atoms with Crippen LogP contribution in [-0.2, 0) is 17.0 Å². The molecule has 0 saturated carbocycles. The summed E-state index contributed by atoms with van der Waals surface area (Å²) in [7, 11) is 1.53. The Hall–Kier alpha value is -1.36. The lowest BCUT2D eigenvalue weighted by Gasteiger charge is -2.16. The SMILES string of the molecule is COC(C)NC(=C[N+](=O)[O-])NCCCSCc1csc(CN)n1. The molecule has 1 aromatic rings. The largest absolute Gasteiger partial charge is 0.367 e. The van der Waals surface area contributed by atoms with Gasteiger partial charge in [0.2, 0.25) is 0 Å². The van der Waals surface area contributed by atoms with Crippen molar-refractivity contribution >= 4 is 23.1 Å². The van der Waals surface area contributed by atoms with Crippen LogP contribution in [0.2, 0.25) is 0 Å². The summed E-state index contributed by atoms with van der Waals surface area (Å²) in [5.41, 5.74) is 6.58. The average Bonchev–Trinajstić information content (AvgIpc) is 2.97. The predicted molar refractivity (Wildman–Crippen MR) is 93.5 cm³/mol. The maximum atomic E-state index is 10.6. The van der Waals surface area contributed by atoms with Crippen LogP contribution in [0.15, 0.2) is 17.4 Å². The zero-order chi connectivity index (χ0) is 17.1. The van der Waals surface area contributed by atoms with Crippen molar-refractivity contribution in [2.45, 2.75) is 31.9 Å². The summed E-state index contributed by atoms with van der Waals surface area (Å²) in [4.78, 5) is 14.5. The van der Waals surface area contributed by atoms with Crippen molar-refractivity contribution in [2.75, 3.05) is 19.4 Å². The van der Waals surface area contributed by atoms with Crippen LogP contribution in [0.4, 0.5) is 0 Å². The fraction of sp³-hybridized carbons (Fsp3) is 0.615. The normalized spacial score (nSPS) is 12.9. The number of aromatic nitrogens is 1. The number of ether oxygens (including phenoxy) is 1. The molecule has 0 amide bonds. The molecule has 23 heavy (non-hydrogen) atoms. The first-order chi connectivity index (χ1) is 11.0. The van der Waals surface area contributed by atoms with Gasteiger partial charge in [0.05, 0.1) is 10.6 Å². The third-order valence-corrected chi connectivity index (χ3v) is 4.75. The van der Waals surface area contributed by atoms with Crippen molar-refractivity contribution in [2.24, 2.45) is 5.73 Å². The standard InChI is InChI=1S/C13H23N5O3S2/c1-10(21-2)16-12(7-18(19)20)15-4-3-5-22-8-11-9-23-13(6-14)17-11/h7,9-10,15-16H,3-6,8,14H2,1-2H3. The molecule has 0 saturated heterocycles. The minimum absolute atomic E-state index is 0.301. The van der Waals surface area contributed by atoms with Gasteiger partial charge < -0.3 is 21.1 Å². The Bertz CT molecular complexity index is 510. The molecule has 0 aliphatic rings. The minimum atomic E-state index is -0.496. The lowest BCUT2D eigenvalue weighted by atomic mass is 10.4. The average molecular weight is 361 g/mol. The number of nitrogens with one attached hydrogen (secondary N) is 2. The number of nitrogens with two attached hydrogens (primary N) is 1. The number of rotatable bonds is 12. The van der Waals surface area contributed by atoms with Crippen molar-refractivity contribution in [3.05, 3.63) is 38.2 Å². The first kappa shape index (κ1) is 19.7. The van der Waals surface area contributed by atoms with Crippen LogP contribution in [0.25, 0.3) is 0 Å². The first-order valence-corrected chi connectivity index (χ1v) is 9.18. The van der Waals surface area contributed by atoms with Gasteiger partial charge >= 0.3 is 0 Å². The topological polar surface area (TPSA) is 115 Å². The highest BCUT2D eigenvalue weighted by Gasteiger charge is 2.06. The zero-order valence-corrected chi connectivity index (χ0v) is 14.9. The Kier molecular flexibility index (Phi) is 9.60. The van der Waals surface area contributed by atoms with E-state index in [2.05, 4.69) is 15.6 Å². The van der Waals surface area contributed by atoms with Gasteiger partial charge in [-0.2, -0.15) is 11.8 Å². The third kappa shape index (κ3) is 8.74. The fourth-order valence-electron chi connectivity index (χ4n) is 1.60. The van der Waals surface area contributed by atoms with Gasteiger partial charge in [0.1, 0.15) is 11.2 Å². The monoisotopic (exact) mass is 361 g/mol. The van der Waals surface area contributed by atoms with Crippen LogP contribution in [-0.4, -0.2) is 35.5 Å². The van der Waals surface area contributed by atoms with Gasteiger partial charge in [0.25, 0.3) is 6.20 Å². The van der Waals surface area contributed by atoms with Gasteiger partial charge in [-0.05, 0) is 19.1 Å². The van der Waals surface area contributed by atoms with Crippen molar-refractivity contribution < 1.29 is 9.66 Å². The minimum Gasteiger partial charge on any atom is -0.367 e. The van der Waals surface area contributed by atoms with Gasteiger partial charge in [0.15, 0.2) is 5.82 Å². The fourth-order valence-corrected chi connectivity index (χ4v) is 3.23. The second kappa shape index (κ2) is 11.2. The van der Waals surface area contributed by atoms with Crippen molar-refractivity contribution in [3.63, 3.8) is 0 Å². The zero-order valence-electron chi connectivity index (χ0n) is 13.3. The smallest absolute Gasteiger partial charge is 0.274 e. The molecule has 0 aromatic carbocycles. The number of thiazole rings is 1. The molecule has 130 valence electrons. The summed E-state index contributed by atoms with van der Waals surface area (Å²) in [6.45, 7) is 2.90. The summed E-state index contributed by atoms with van der Waals surface area (Å²) in [5, 5.41) is 19.5. The highest BCUT2D eigenvalue weighted by Crippen LogP contribution is 2.15. The van der Waals surface area contributed by atoms with E-state index in [1.807, 2.05) is 5.38 Å². The Morgan fingerprint density at radius 2 is 2.48 bits per heavy atom. The number of hydrogen-bond acceptors (Lipinski definition) is 9. The molecule has 1 aromatic heterocycles. The summed E-state index contributed by atoms with van der Waals surface area (Å²) in [6, 6.07) is 0. The van der Waals surface area contributed by atoms with E-state index in [4.69, 9.17) is 10.5 Å². The Labute approximate surface area is 144 Å². The first-order valence-electron chi connectivity index (χ1n) is 7.14. The second-order valence-electron chi connectivity index (χ2n) is 4.62. The molecule has 0 fully saturated rings. The molecule has 0 spiro atoms. The van der Waals surface area contributed by atoms with Gasteiger partial charge in [-0.1, -0.05) is 0 Å². The van der Waals surface area contributed by atoms with Gasteiger partial charge in [-0.3, -0.25) is 10.1 Å². The van der Waals surface area contributed by atoms with Gasteiger partial charge in [0, 0.05) is 31.3 Å². The molecule has 0 bridgehead atoms. The Morgan fingerprint density at radius 3 is 3.09 bits per heavy atom. The van der Waals surface area contributed by atoms with Crippen LogP contribution in [0.5, 0.6) is 0 Å². The maximum absolute atomic E-state index is 10.6. The van der Waals surface area contributed by atoms with E-state index in [-0.39, 0.29) is 6.23 Å². The van der Waals surface area contributed by atoms with Crippen LogP contribution >= 0.6 is 23.1 Å². The van der Waals surface area contributed by atoms with Gasteiger partial charge in [-0.15, -0.1) is 11.3 Å². The molecule has 1 heterocycles. The summed E-state index contributed by atoms with van der Waals surface area (Å²) >= 11 is 3.36. The van der Waals surface area contributed by atoms with Crippen LogP contribution < -0.4 is 16.4 Å². The molecule has 1 rings (SSSR count). The van der Waals surface area contributed by atoms with E-state index < -0.39 is 4.92 Å². The van der Waals surface area contributed by atoms with Crippen LogP contribution in [0.1, 0.15) is 24.0 Å². The highest BCUT2D eigenvalue weighted by molar-refractivity contribution is 7.98. The quantitative estimate of drug-likeness (QED) is 0.222. The number of hydrogen-bond donors (Lipinski definition) is 3. The molecule has 0 aliphatic carbocycles. The van der Waals surface area contributed by atoms with E-state index in [9.17, 15) is 10.1 Å². The third-order valence-electron chi connectivity index (χ3n) is 2.75. The Balaban J connectivity index is 2.21. The summed E-state index contributed by atoms with van der Waals surface area (Å²) in [5.74, 6) is 2.14. The second-order valence-corrected chi connectivity index (χ2v) is 6.67. The molecule has 4 N–H and O–H groups in total. The molecular formula is C13H23N5O3S2. The molecule has 1 unspecified atom stereocenters. The van der Waals surface area contributed by atoms with Gasteiger partial charge in [-0.25, -0.2) is 4.98 Å². The van der Waals surface area contributed by atoms with Crippen LogP contribution in [0.3, 0.4) is 0 Å².